The molecule has 0 bridgehead atoms. The lowest BCUT2D eigenvalue weighted by Crippen LogP contribution is -2.22. The van der Waals surface area contributed by atoms with E-state index in [0.717, 1.165) is 28.8 Å². The van der Waals surface area contributed by atoms with Crippen molar-refractivity contribution >= 4 is 15.6 Å². The van der Waals surface area contributed by atoms with E-state index in [1.54, 1.807) is 18.2 Å². The fraction of sp³-hybridized carbons (Fsp3) is 0.235. The van der Waals surface area contributed by atoms with Crippen molar-refractivity contribution in [3.05, 3.63) is 53.9 Å². The molecule has 0 atom stereocenters. The third-order valence-corrected chi connectivity index (χ3v) is 5.75. The van der Waals surface area contributed by atoms with E-state index in [2.05, 4.69) is 24.1 Å². The third-order valence-electron chi connectivity index (χ3n) is 3.94. The van der Waals surface area contributed by atoms with Gasteiger partial charge in [-0.1, -0.05) is 18.2 Å². The number of allylic oxidation sites excluding steroid dienone is 2. The molecule has 22 heavy (non-hydrogen) atoms. The summed E-state index contributed by atoms with van der Waals surface area (Å²) in [6.07, 6.45) is 4.84. The second-order valence-corrected chi connectivity index (χ2v) is 7.78. The molecular formula is C17H18N2O2S. The zero-order valence-corrected chi connectivity index (χ0v) is 13.7. The van der Waals surface area contributed by atoms with Crippen LogP contribution in [0.15, 0.2) is 47.5 Å². The van der Waals surface area contributed by atoms with Gasteiger partial charge in [0.25, 0.3) is 0 Å². The normalized spacial score (nSPS) is 14.1. The van der Waals surface area contributed by atoms with Gasteiger partial charge in [0, 0.05) is 32.3 Å². The minimum Gasteiger partial charge on any atom is -0.260 e. The van der Waals surface area contributed by atoms with Crippen LogP contribution in [0.25, 0.3) is 16.7 Å². The van der Waals surface area contributed by atoms with E-state index in [1.165, 1.54) is 24.0 Å². The second kappa shape index (κ2) is 5.34. The Kier molecular flexibility index (Phi) is 3.62. The molecule has 4 nitrogen and oxygen atoms in total. The first kappa shape index (κ1) is 14.9. The number of rotatable bonds is 3. The van der Waals surface area contributed by atoms with Gasteiger partial charge in [0.05, 0.1) is 10.6 Å². The van der Waals surface area contributed by atoms with Crippen LogP contribution >= 0.6 is 0 Å². The van der Waals surface area contributed by atoms with Gasteiger partial charge in [-0.25, -0.2) is 12.7 Å². The van der Waals surface area contributed by atoms with Crippen molar-refractivity contribution in [3.8, 4) is 11.1 Å². The Balaban J connectivity index is 2.08. The number of hydrogen-bond acceptors (Lipinski definition) is 3. The van der Waals surface area contributed by atoms with Crippen LogP contribution in [0.3, 0.4) is 0 Å². The molecule has 1 aliphatic rings. The average Bonchev–Trinajstić information content (AvgIpc) is 2.88. The predicted molar refractivity (Wildman–Crippen MR) is 87.9 cm³/mol. The Hall–Kier alpha value is -1.98. The molecule has 0 N–H and O–H groups in total. The van der Waals surface area contributed by atoms with Crippen LogP contribution < -0.4 is 0 Å². The summed E-state index contributed by atoms with van der Waals surface area (Å²) < 4.78 is 25.7. The number of aromatic nitrogens is 1. The van der Waals surface area contributed by atoms with Gasteiger partial charge in [0.2, 0.25) is 10.0 Å². The highest BCUT2D eigenvalue weighted by molar-refractivity contribution is 7.89. The Morgan fingerprint density at radius 1 is 1.14 bits per heavy atom. The SMILES string of the molecule is CC1=CCc2ncc(-c3cccc(S(=O)(=O)N(C)C)c3)cc21. The van der Waals surface area contributed by atoms with Crippen LogP contribution in [0, 0.1) is 0 Å². The fourth-order valence-corrected chi connectivity index (χ4v) is 3.51. The van der Waals surface area contributed by atoms with E-state index in [9.17, 15) is 8.42 Å². The van der Waals surface area contributed by atoms with Gasteiger partial charge in [0.1, 0.15) is 0 Å². The third kappa shape index (κ3) is 2.46. The van der Waals surface area contributed by atoms with Gasteiger partial charge < -0.3 is 0 Å². The molecule has 114 valence electrons. The topological polar surface area (TPSA) is 50.3 Å². The zero-order chi connectivity index (χ0) is 15.9. The molecule has 0 saturated heterocycles. The fourth-order valence-electron chi connectivity index (χ4n) is 2.56. The average molecular weight is 314 g/mol. The molecule has 0 saturated carbocycles. The van der Waals surface area contributed by atoms with E-state index >= 15 is 0 Å². The summed E-state index contributed by atoms with van der Waals surface area (Å²) in [5, 5.41) is 0. The molecule has 1 heterocycles. The van der Waals surface area contributed by atoms with E-state index in [1.807, 2.05) is 12.3 Å². The molecule has 0 fully saturated rings. The maximum absolute atomic E-state index is 12.3. The van der Waals surface area contributed by atoms with Gasteiger partial charge >= 0.3 is 0 Å². The first-order chi connectivity index (χ1) is 10.4. The van der Waals surface area contributed by atoms with Crippen LogP contribution in [0.5, 0.6) is 0 Å². The molecule has 3 rings (SSSR count). The number of hydrogen-bond donors (Lipinski definition) is 0. The Morgan fingerprint density at radius 2 is 1.91 bits per heavy atom. The lowest BCUT2D eigenvalue weighted by atomic mass is 10.0. The van der Waals surface area contributed by atoms with Crippen molar-refractivity contribution in [2.24, 2.45) is 0 Å². The van der Waals surface area contributed by atoms with Crippen molar-refractivity contribution in [1.82, 2.24) is 9.29 Å². The van der Waals surface area contributed by atoms with E-state index in [0.29, 0.717) is 4.90 Å². The molecule has 0 radical (unpaired) electrons. The van der Waals surface area contributed by atoms with E-state index < -0.39 is 10.0 Å². The summed E-state index contributed by atoms with van der Waals surface area (Å²) >= 11 is 0. The molecule has 1 aromatic carbocycles. The maximum Gasteiger partial charge on any atom is 0.242 e. The molecule has 1 aromatic heterocycles. The molecule has 0 aliphatic heterocycles. The summed E-state index contributed by atoms with van der Waals surface area (Å²) in [4.78, 5) is 4.80. The molecule has 1 aliphatic carbocycles. The number of fused-ring (bicyclic) bond motifs is 1. The Morgan fingerprint density at radius 3 is 2.64 bits per heavy atom. The summed E-state index contributed by atoms with van der Waals surface area (Å²) in [5.41, 5.74) is 5.25. The highest BCUT2D eigenvalue weighted by Crippen LogP contribution is 2.30. The van der Waals surface area contributed by atoms with Crippen molar-refractivity contribution in [3.63, 3.8) is 0 Å². The minimum atomic E-state index is -3.43. The summed E-state index contributed by atoms with van der Waals surface area (Å²) in [6, 6.07) is 9.08. The van der Waals surface area contributed by atoms with Gasteiger partial charge in [-0.05, 0) is 41.8 Å². The number of benzene rings is 1. The van der Waals surface area contributed by atoms with Crippen LogP contribution in [0.4, 0.5) is 0 Å². The van der Waals surface area contributed by atoms with Gasteiger partial charge in [0.15, 0.2) is 0 Å². The molecule has 5 heteroatoms. The number of sulfonamides is 1. The van der Waals surface area contributed by atoms with Crippen LogP contribution in [0.1, 0.15) is 18.2 Å². The Bertz CT molecular complexity index is 868. The minimum absolute atomic E-state index is 0.294. The van der Waals surface area contributed by atoms with Crippen LogP contribution in [-0.2, 0) is 16.4 Å². The first-order valence-corrected chi connectivity index (χ1v) is 8.52. The molecular weight excluding hydrogens is 296 g/mol. The van der Waals surface area contributed by atoms with Crippen molar-refractivity contribution in [2.45, 2.75) is 18.2 Å². The summed E-state index contributed by atoms with van der Waals surface area (Å²) in [6.45, 7) is 2.07. The van der Waals surface area contributed by atoms with E-state index in [4.69, 9.17) is 0 Å². The summed E-state index contributed by atoms with van der Waals surface area (Å²) in [5.74, 6) is 0. The quantitative estimate of drug-likeness (QED) is 0.875. The smallest absolute Gasteiger partial charge is 0.242 e. The second-order valence-electron chi connectivity index (χ2n) is 5.62. The van der Waals surface area contributed by atoms with Crippen molar-refractivity contribution in [2.75, 3.05) is 14.1 Å². The standard InChI is InChI=1S/C17H18N2O2S/c1-12-7-8-17-16(12)10-14(11-18-17)13-5-4-6-15(9-13)22(20,21)19(2)3/h4-7,9-11H,8H2,1-3H3. The highest BCUT2D eigenvalue weighted by Gasteiger charge is 2.18. The Labute approximate surface area is 131 Å². The predicted octanol–water partition coefficient (Wildman–Crippen LogP) is 2.96. The lowest BCUT2D eigenvalue weighted by molar-refractivity contribution is 0.521. The number of nitrogens with zero attached hydrogens (tertiary/aromatic N) is 2. The lowest BCUT2D eigenvalue weighted by Gasteiger charge is -2.12. The summed E-state index contributed by atoms with van der Waals surface area (Å²) in [7, 11) is -0.358. The van der Waals surface area contributed by atoms with Crippen LogP contribution in [-0.4, -0.2) is 31.8 Å². The molecule has 0 amide bonds. The largest absolute Gasteiger partial charge is 0.260 e. The van der Waals surface area contributed by atoms with Gasteiger partial charge in [-0.15, -0.1) is 0 Å². The van der Waals surface area contributed by atoms with E-state index in [-0.39, 0.29) is 0 Å². The molecule has 2 aromatic rings. The molecule has 0 unspecified atom stereocenters. The highest BCUT2D eigenvalue weighted by atomic mass is 32.2. The maximum atomic E-state index is 12.3. The zero-order valence-electron chi connectivity index (χ0n) is 12.9. The van der Waals surface area contributed by atoms with Crippen molar-refractivity contribution in [1.29, 1.82) is 0 Å². The van der Waals surface area contributed by atoms with Gasteiger partial charge in [-0.2, -0.15) is 0 Å². The van der Waals surface area contributed by atoms with Crippen LogP contribution in [0.2, 0.25) is 0 Å². The van der Waals surface area contributed by atoms with Gasteiger partial charge in [-0.3, -0.25) is 4.98 Å². The number of pyridine rings is 1. The molecule has 0 spiro atoms. The van der Waals surface area contributed by atoms with Crippen molar-refractivity contribution < 1.29 is 8.42 Å². The monoisotopic (exact) mass is 314 g/mol. The first-order valence-electron chi connectivity index (χ1n) is 7.08.